The van der Waals surface area contributed by atoms with Crippen LogP contribution in [0.5, 0.6) is 5.75 Å². The number of hydrazone groups is 2. The molecule has 2 aliphatic rings. The second-order valence-corrected chi connectivity index (χ2v) is 7.85. The molecule has 9 nitrogen and oxygen atoms in total. The molecular formula is C24H20N4O5. The predicted octanol–water partition coefficient (Wildman–Crippen LogP) is 4.03. The van der Waals surface area contributed by atoms with E-state index >= 15 is 0 Å². The largest absolute Gasteiger partial charge is 0.505 e. The second-order valence-electron chi connectivity index (χ2n) is 7.85. The molecule has 166 valence electrons. The van der Waals surface area contributed by atoms with Crippen LogP contribution in [0.4, 0.5) is 11.4 Å². The smallest absolute Gasteiger partial charge is 0.371 e. The molecule has 0 radical (unpaired) electrons. The molecule has 0 spiro atoms. The average Bonchev–Trinajstić information content (AvgIpc) is 3.52. The Hall–Kier alpha value is -4.40. The molecule has 0 bridgehead atoms. The van der Waals surface area contributed by atoms with Crippen LogP contribution in [0, 0.1) is 0 Å². The lowest BCUT2D eigenvalue weighted by molar-refractivity contribution is -0.112. The number of carbonyl (C=O) groups is 2. The maximum atomic E-state index is 13.0. The number of phenols is 1. The summed E-state index contributed by atoms with van der Waals surface area (Å²) in [6, 6.07) is 13.5. The number of carboxylic acid groups (broad SMARTS) is 1. The molecule has 0 fully saturated rings. The SMILES string of the molecule is CC1=NN(c2ccc3c(c2)CCC3)C(=O)C1=NNc1cccc(-c2ccc(C(=O)O)o2)c1O. The number of anilines is 2. The third kappa shape index (κ3) is 3.63. The number of nitrogens with zero attached hydrogens (tertiary/aromatic N) is 3. The number of carboxylic acids is 1. The van der Waals surface area contributed by atoms with Gasteiger partial charge in [0.25, 0.3) is 0 Å². The van der Waals surface area contributed by atoms with Crippen molar-refractivity contribution >= 4 is 34.7 Å². The van der Waals surface area contributed by atoms with E-state index in [0.717, 1.165) is 19.3 Å². The van der Waals surface area contributed by atoms with Gasteiger partial charge in [-0.1, -0.05) is 12.1 Å². The first kappa shape index (κ1) is 20.5. The highest BCUT2D eigenvalue weighted by atomic mass is 16.4. The number of aromatic hydroxyl groups is 1. The van der Waals surface area contributed by atoms with Gasteiger partial charge in [-0.2, -0.15) is 15.2 Å². The molecule has 2 heterocycles. The summed E-state index contributed by atoms with van der Waals surface area (Å²) in [5.41, 5.74) is 7.06. The van der Waals surface area contributed by atoms with Crippen LogP contribution in [0.25, 0.3) is 11.3 Å². The number of furan rings is 1. The Morgan fingerprint density at radius 1 is 1.15 bits per heavy atom. The summed E-state index contributed by atoms with van der Waals surface area (Å²) in [6.07, 6.45) is 3.17. The van der Waals surface area contributed by atoms with Gasteiger partial charge < -0.3 is 14.6 Å². The van der Waals surface area contributed by atoms with Gasteiger partial charge in [-0.3, -0.25) is 10.2 Å². The fourth-order valence-electron chi connectivity index (χ4n) is 4.04. The van der Waals surface area contributed by atoms with Crippen molar-refractivity contribution in [1.29, 1.82) is 0 Å². The first-order valence-electron chi connectivity index (χ1n) is 10.4. The van der Waals surface area contributed by atoms with Gasteiger partial charge in [-0.05, 0) is 73.7 Å². The zero-order valence-electron chi connectivity index (χ0n) is 17.7. The van der Waals surface area contributed by atoms with E-state index < -0.39 is 5.97 Å². The Kier molecular flexibility index (Phi) is 4.93. The van der Waals surface area contributed by atoms with E-state index in [1.54, 1.807) is 25.1 Å². The van der Waals surface area contributed by atoms with Gasteiger partial charge in [-0.15, -0.1) is 0 Å². The molecule has 3 aromatic rings. The van der Waals surface area contributed by atoms with Crippen LogP contribution in [-0.4, -0.2) is 33.5 Å². The molecule has 1 aliphatic heterocycles. The minimum atomic E-state index is -1.20. The van der Waals surface area contributed by atoms with Crippen LogP contribution in [0.2, 0.25) is 0 Å². The molecule has 9 heteroatoms. The molecule has 5 rings (SSSR count). The summed E-state index contributed by atoms with van der Waals surface area (Å²) in [6.45, 7) is 1.69. The Morgan fingerprint density at radius 3 is 2.76 bits per heavy atom. The number of hydrogen-bond acceptors (Lipinski definition) is 7. The summed E-state index contributed by atoms with van der Waals surface area (Å²) in [4.78, 5) is 24.0. The Balaban J connectivity index is 1.39. The van der Waals surface area contributed by atoms with Crippen LogP contribution >= 0.6 is 0 Å². The molecule has 0 atom stereocenters. The van der Waals surface area contributed by atoms with Gasteiger partial charge in [0.15, 0.2) is 11.5 Å². The number of rotatable bonds is 5. The molecule has 0 unspecified atom stereocenters. The summed E-state index contributed by atoms with van der Waals surface area (Å²) in [5, 5.41) is 29.6. The topological polar surface area (TPSA) is 128 Å². The summed E-state index contributed by atoms with van der Waals surface area (Å²) >= 11 is 0. The van der Waals surface area contributed by atoms with Crippen molar-refractivity contribution in [2.24, 2.45) is 10.2 Å². The van der Waals surface area contributed by atoms with Crippen LogP contribution in [0.1, 0.15) is 35.0 Å². The number of aromatic carboxylic acids is 1. The quantitative estimate of drug-likeness (QED) is 0.403. The molecule has 0 saturated heterocycles. The predicted molar refractivity (Wildman–Crippen MR) is 123 cm³/mol. The first-order chi connectivity index (χ1) is 15.9. The highest BCUT2D eigenvalue weighted by Crippen LogP contribution is 2.36. The van der Waals surface area contributed by atoms with E-state index in [0.29, 0.717) is 11.4 Å². The van der Waals surface area contributed by atoms with E-state index in [1.165, 1.54) is 28.3 Å². The average molecular weight is 444 g/mol. The van der Waals surface area contributed by atoms with Crippen LogP contribution in [-0.2, 0) is 17.6 Å². The van der Waals surface area contributed by atoms with E-state index in [2.05, 4.69) is 15.6 Å². The molecule has 0 saturated carbocycles. The number of benzene rings is 2. The van der Waals surface area contributed by atoms with Gasteiger partial charge in [0.1, 0.15) is 5.76 Å². The van der Waals surface area contributed by atoms with Gasteiger partial charge in [-0.25, -0.2) is 4.79 Å². The van der Waals surface area contributed by atoms with E-state index in [9.17, 15) is 14.7 Å². The minimum absolute atomic E-state index is 0.131. The Labute approximate surface area is 188 Å². The Bertz CT molecular complexity index is 1350. The van der Waals surface area contributed by atoms with E-state index in [-0.39, 0.29) is 40.1 Å². The first-order valence-corrected chi connectivity index (χ1v) is 10.4. The van der Waals surface area contributed by atoms with Crippen LogP contribution in [0.3, 0.4) is 0 Å². The standard InChI is InChI=1S/C24H20N4O5/c1-13-21(23(30)28(27-13)16-9-8-14-4-2-5-15(14)12-16)26-25-18-7-3-6-17(22(18)29)19-10-11-20(33-19)24(31)32/h3,6-12,25,29H,2,4-5H2,1H3,(H,31,32). The normalized spacial score (nSPS) is 16.3. The van der Waals surface area contributed by atoms with Gasteiger partial charge in [0.05, 0.1) is 22.6 Å². The molecule has 3 N–H and O–H groups in total. The van der Waals surface area contributed by atoms with Crippen LogP contribution < -0.4 is 10.4 Å². The Morgan fingerprint density at radius 2 is 1.97 bits per heavy atom. The van der Waals surface area contributed by atoms with Crippen molar-refractivity contribution in [3.63, 3.8) is 0 Å². The third-order valence-corrected chi connectivity index (χ3v) is 5.72. The van der Waals surface area contributed by atoms with Gasteiger partial charge in [0, 0.05) is 0 Å². The number of fused-ring (bicyclic) bond motifs is 1. The molecule has 1 aromatic heterocycles. The number of amides is 1. The molecular weight excluding hydrogens is 424 g/mol. The zero-order chi connectivity index (χ0) is 23.1. The molecule has 1 amide bonds. The fourth-order valence-corrected chi connectivity index (χ4v) is 4.04. The van der Waals surface area contributed by atoms with Gasteiger partial charge in [0.2, 0.25) is 5.76 Å². The van der Waals surface area contributed by atoms with Crippen molar-refractivity contribution in [2.75, 3.05) is 10.4 Å². The second kappa shape index (κ2) is 7.94. The van der Waals surface area contributed by atoms with Gasteiger partial charge >= 0.3 is 11.9 Å². The summed E-state index contributed by atoms with van der Waals surface area (Å²) < 4.78 is 5.27. The van der Waals surface area contributed by atoms with Crippen LogP contribution in [0.15, 0.2) is 63.2 Å². The van der Waals surface area contributed by atoms with Crippen molar-refractivity contribution in [3.05, 3.63) is 65.4 Å². The monoisotopic (exact) mass is 444 g/mol. The van der Waals surface area contributed by atoms with Crippen molar-refractivity contribution in [2.45, 2.75) is 26.2 Å². The van der Waals surface area contributed by atoms with Crippen molar-refractivity contribution < 1.29 is 24.2 Å². The number of nitrogens with one attached hydrogen (secondary N) is 1. The molecule has 2 aromatic carbocycles. The maximum Gasteiger partial charge on any atom is 0.371 e. The minimum Gasteiger partial charge on any atom is -0.505 e. The molecule has 33 heavy (non-hydrogen) atoms. The van der Waals surface area contributed by atoms with Crippen molar-refractivity contribution in [1.82, 2.24) is 0 Å². The lowest BCUT2D eigenvalue weighted by Crippen LogP contribution is -2.28. The summed E-state index contributed by atoms with van der Waals surface area (Å²) in [7, 11) is 0. The van der Waals surface area contributed by atoms with E-state index in [1.807, 2.05) is 18.2 Å². The summed E-state index contributed by atoms with van der Waals surface area (Å²) in [5.74, 6) is -1.81. The number of carbonyl (C=O) groups excluding carboxylic acids is 1. The molecule has 1 aliphatic carbocycles. The number of para-hydroxylation sites is 1. The maximum absolute atomic E-state index is 13.0. The lowest BCUT2D eigenvalue weighted by atomic mass is 10.1. The number of phenolic OH excluding ortho intramolecular Hbond substituents is 1. The lowest BCUT2D eigenvalue weighted by Gasteiger charge is -2.13. The highest BCUT2D eigenvalue weighted by Gasteiger charge is 2.31. The highest BCUT2D eigenvalue weighted by molar-refractivity contribution is 6.71. The van der Waals surface area contributed by atoms with Crippen molar-refractivity contribution in [3.8, 4) is 17.1 Å². The fraction of sp³-hybridized carbons (Fsp3) is 0.167. The third-order valence-electron chi connectivity index (χ3n) is 5.72. The van der Waals surface area contributed by atoms with E-state index in [4.69, 9.17) is 9.52 Å². The number of hydrogen-bond donors (Lipinski definition) is 3. The zero-order valence-corrected chi connectivity index (χ0v) is 17.7. The number of aryl methyl sites for hydroxylation is 2.